The predicted octanol–water partition coefficient (Wildman–Crippen LogP) is 6.72. The third-order valence-electron chi connectivity index (χ3n) is 7.23. The topological polar surface area (TPSA) is 118 Å². The molecule has 0 bridgehead atoms. The van der Waals surface area contributed by atoms with Crippen LogP contribution >= 0.6 is 23.8 Å². The summed E-state index contributed by atoms with van der Waals surface area (Å²) in [4.78, 5) is 29.8. The second-order valence-electron chi connectivity index (χ2n) is 10.3. The number of amides is 1. The number of carboxylic acid groups (broad SMARTS) is 1. The third kappa shape index (κ3) is 9.24. The molecule has 0 heterocycles. The molecule has 1 atom stereocenters. The number of nitrogens with zero attached hydrogens (tertiary/aromatic N) is 3. The first-order valence-electron chi connectivity index (χ1n) is 14.4. The van der Waals surface area contributed by atoms with E-state index in [4.69, 9.17) is 28.9 Å². The van der Waals surface area contributed by atoms with E-state index in [-0.39, 0.29) is 31.5 Å². The number of nitriles is 1. The van der Waals surface area contributed by atoms with Gasteiger partial charge in [-0.15, -0.1) is 0 Å². The largest absolute Gasteiger partial charge is 0.481 e. The summed E-state index contributed by atoms with van der Waals surface area (Å²) in [7, 11) is 0. The highest BCUT2D eigenvalue weighted by Gasteiger charge is 2.20. The van der Waals surface area contributed by atoms with Crippen LogP contribution < -0.4 is 15.5 Å². The van der Waals surface area contributed by atoms with Crippen molar-refractivity contribution in [2.45, 2.75) is 44.7 Å². The molecule has 8 nitrogen and oxygen atoms in total. The number of allylic oxidation sites excluding steroid dienone is 2. The SMILES string of the molecule is N#CCN=C(NC(C=S)c1ccc(Cl)cc1)N(Cc1ccc(C(=O)NCCC(=O)O)cc1)c1ccc(C2=CCCCC2)cc1. The molecule has 1 unspecified atom stereocenters. The average Bonchev–Trinajstić information content (AvgIpc) is 3.05. The molecule has 1 aliphatic rings. The van der Waals surface area contributed by atoms with Crippen LogP contribution in [-0.4, -0.2) is 41.4 Å². The maximum atomic E-state index is 12.5. The summed E-state index contributed by atoms with van der Waals surface area (Å²) in [5, 5.41) is 26.5. The van der Waals surface area contributed by atoms with Crippen molar-refractivity contribution in [3.8, 4) is 6.07 Å². The Labute approximate surface area is 268 Å². The van der Waals surface area contributed by atoms with Crippen LogP contribution in [0.15, 0.2) is 83.9 Å². The second kappa shape index (κ2) is 16.4. The monoisotopic (exact) mass is 627 g/mol. The highest BCUT2D eigenvalue weighted by atomic mass is 35.5. The quantitative estimate of drug-likeness (QED) is 0.0883. The lowest BCUT2D eigenvalue weighted by Gasteiger charge is -2.30. The number of guanidine groups is 1. The summed E-state index contributed by atoms with van der Waals surface area (Å²) in [6, 6.07) is 24.5. The minimum Gasteiger partial charge on any atom is -0.481 e. The van der Waals surface area contributed by atoms with Gasteiger partial charge in [0.15, 0.2) is 0 Å². The number of carbonyl (C=O) groups excluding carboxylic acids is 1. The van der Waals surface area contributed by atoms with Gasteiger partial charge in [-0.2, -0.15) is 5.26 Å². The summed E-state index contributed by atoms with van der Waals surface area (Å²) in [6.07, 6.45) is 6.73. The summed E-state index contributed by atoms with van der Waals surface area (Å²) >= 11 is 11.5. The number of nitrogens with one attached hydrogen (secondary N) is 2. The predicted molar refractivity (Wildman–Crippen MR) is 179 cm³/mol. The van der Waals surface area contributed by atoms with E-state index in [1.807, 2.05) is 41.3 Å². The number of thiocarbonyl (C=S) groups is 1. The lowest BCUT2D eigenvalue weighted by atomic mass is 9.93. The number of rotatable bonds is 12. The molecule has 0 aromatic heterocycles. The fourth-order valence-electron chi connectivity index (χ4n) is 4.90. The van der Waals surface area contributed by atoms with Gasteiger partial charge in [0.25, 0.3) is 5.91 Å². The maximum absolute atomic E-state index is 12.5. The standard InChI is InChI=1S/C34H34ClN5O3S/c35-29-14-10-27(11-15-29)31(23-44)39-34(38-21-19-36)40(30-16-12-26(13-17-30)25-4-2-1-3-5-25)22-24-6-8-28(9-7-24)33(43)37-20-18-32(41)42/h4,6-17,23,31H,1-3,5,18,20-22H2,(H,37,43)(H,38,39)(H,41,42). The van der Waals surface area contributed by atoms with E-state index in [1.54, 1.807) is 29.6 Å². The van der Waals surface area contributed by atoms with Crippen LogP contribution in [0.5, 0.6) is 0 Å². The lowest BCUT2D eigenvalue weighted by Crippen LogP contribution is -2.43. The highest BCUT2D eigenvalue weighted by Crippen LogP contribution is 2.29. The van der Waals surface area contributed by atoms with Gasteiger partial charge in [0, 0.05) is 28.2 Å². The van der Waals surface area contributed by atoms with Crippen molar-refractivity contribution in [1.29, 1.82) is 5.26 Å². The Morgan fingerprint density at radius 1 is 1.07 bits per heavy atom. The van der Waals surface area contributed by atoms with Crippen LogP contribution in [0.4, 0.5) is 5.69 Å². The second-order valence-corrected chi connectivity index (χ2v) is 11.0. The molecular weight excluding hydrogens is 594 g/mol. The van der Waals surface area contributed by atoms with E-state index in [9.17, 15) is 14.9 Å². The molecule has 4 rings (SSSR count). The van der Waals surface area contributed by atoms with Crippen molar-refractivity contribution < 1.29 is 14.7 Å². The number of hydrogen-bond donors (Lipinski definition) is 3. The summed E-state index contributed by atoms with van der Waals surface area (Å²) in [5.74, 6) is -0.849. The molecular formula is C34H34ClN5O3S. The van der Waals surface area contributed by atoms with Crippen molar-refractivity contribution >= 4 is 58.3 Å². The highest BCUT2D eigenvalue weighted by molar-refractivity contribution is 7.79. The number of hydrogen-bond acceptors (Lipinski definition) is 5. The van der Waals surface area contributed by atoms with Crippen molar-refractivity contribution in [2.75, 3.05) is 18.0 Å². The van der Waals surface area contributed by atoms with Crippen molar-refractivity contribution in [1.82, 2.24) is 10.6 Å². The Kier molecular flexibility index (Phi) is 12.0. The molecule has 3 aromatic rings. The van der Waals surface area contributed by atoms with E-state index in [0.29, 0.717) is 23.1 Å². The van der Waals surface area contributed by atoms with Crippen molar-refractivity contribution in [2.24, 2.45) is 4.99 Å². The van der Waals surface area contributed by atoms with E-state index in [1.165, 1.54) is 24.0 Å². The number of benzene rings is 3. The van der Waals surface area contributed by atoms with Gasteiger partial charge in [0.05, 0.1) is 25.1 Å². The molecule has 0 radical (unpaired) electrons. The van der Waals surface area contributed by atoms with E-state index < -0.39 is 5.97 Å². The number of carboxylic acids is 1. The van der Waals surface area contributed by atoms with Crippen LogP contribution in [-0.2, 0) is 11.3 Å². The summed E-state index contributed by atoms with van der Waals surface area (Å²) in [6.45, 7) is 0.366. The van der Waals surface area contributed by atoms with E-state index in [0.717, 1.165) is 29.7 Å². The molecule has 0 saturated carbocycles. The number of carbonyl (C=O) groups is 2. The van der Waals surface area contributed by atoms with Gasteiger partial charge in [-0.3, -0.25) is 9.59 Å². The fourth-order valence-corrected chi connectivity index (χ4v) is 5.25. The van der Waals surface area contributed by atoms with Gasteiger partial charge in [0.1, 0.15) is 6.54 Å². The first-order valence-corrected chi connectivity index (χ1v) is 15.3. The smallest absolute Gasteiger partial charge is 0.305 e. The van der Waals surface area contributed by atoms with Crippen LogP contribution in [0.2, 0.25) is 5.02 Å². The van der Waals surface area contributed by atoms with Crippen LogP contribution in [0, 0.1) is 11.3 Å². The Bertz CT molecular complexity index is 1550. The Morgan fingerprint density at radius 3 is 2.41 bits per heavy atom. The zero-order valence-corrected chi connectivity index (χ0v) is 25.8. The molecule has 10 heteroatoms. The molecule has 0 saturated heterocycles. The molecule has 0 aliphatic heterocycles. The van der Waals surface area contributed by atoms with Crippen molar-refractivity contribution in [3.63, 3.8) is 0 Å². The molecule has 3 aromatic carbocycles. The van der Waals surface area contributed by atoms with Gasteiger partial charge in [-0.25, -0.2) is 4.99 Å². The van der Waals surface area contributed by atoms with Crippen LogP contribution in [0.1, 0.15) is 65.2 Å². The molecule has 1 amide bonds. The zero-order chi connectivity index (χ0) is 31.3. The average molecular weight is 628 g/mol. The summed E-state index contributed by atoms with van der Waals surface area (Å²) < 4.78 is 0. The number of anilines is 1. The number of aliphatic imine (C=N–C) groups is 1. The van der Waals surface area contributed by atoms with Gasteiger partial charge in [0.2, 0.25) is 5.96 Å². The third-order valence-corrected chi connectivity index (χ3v) is 7.75. The summed E-state index contributed by atoms with van der Waals surface area (Å²) in [5.41, 5.74) is 5.62. The Hall–Kier alpha value is -4.52. The molecule has 1 aliphatic carbocycles. The zero-order valence-electron chi connectivity index (χ0n) is 24.2. The Balaban J connectivity index is 1.64. The molecule has 0 fully saturated rings. The normalized spacial score (nSPS) is 13.6. The van der Waals surface area contributed by atoms with Crippen molar-refractivity contribution in [3.05, 3.63) is 106 Å². The first kappa shape index (κ1) is 32.4. The van der Waals surface area contributed by atoms with E-state index in [2.05, 4.69) is 39.9 Å². The minimum atomic E-state index is -0.973. The minimum absolute atomic E-state index is 0.0512. The molecule has 0 spiro atoms. The van der Waals surface area contributed by atoms with E-state index >= 15 is 0 Å². The van der Waals surface area contributed by atoms with Gasteiger partial charge in [-0.1, -0.05) is 66.3 Å². The number of aliphatic carboxylic acids is 1. The van der Waals surface area contributed by atoms with Crippen LogP contribution in [0.25, 0.3) is 5.57 Å². The molecule has 226 valence electrons. The van der Waals surface area contributed by atoms with Gasteiger partial charge < -0.3 is 20.6 Å². The van der Waals surface area contributed by atoms with Crippen LogP contribution in [0.3, 0.4) is 0 Å². The fraction of sp³-hybridized carbons (Fsp3) is 0.265. The van der Waals surface area contributed by atoms with Gasteiger partial charge >= 0.3 is 5.97 Å². The molecule has 3 N–H and O–H groups in total. The molecule has 44 heavy (non-hydrogen) atoms. The number of halogens is 1. The van der Waals surface area contributed by atoms with Gasteiger partial charge in [-0.05, 0) is 84.3 Å². The lowest BCUT2D eigenvalue weighted by molar-refractivity contribution is -0.136. The maximum Gasteiger partial charge on any atom is 0.305 e. The first-order chi connectivity index (χ1) is 21.4. The Morgan fingerprint density at radius 2 is 1.80 bits per heavy atom.